The second-order valence-electron chi connectivity index (χ2n) is 13.7. The number of ether oxygens (including phenoxy) is 1. The number of aliphatic hydroxyl groups excluding tert-OH is 3. The highest BCUT2D eigenvalue weighted by molar-refractivity contribution is 5.34. The van der Waals surface area contributed by atoms with E-state index in [-0.39, 0.29) is 11.3 Å². The van der Waals surface area contributed by atoms with Crippen molar-refractivity contribution in [3.63, 3.8) is 0 Å². The van der Waals surface area contributed by atoms with Gasteiger partial charge in [0.25, 0.3) is 0 Å². The van der Waals surface area contributed by atoms with Gasteiger partial charge < -0.3 is 20.1 Å². The molecule has 4 aliphatic carbocycles. The third-order valence-electron chi connectivity index (χ3n) is 12.1. The van der Waals surface area contributed by atoms with Crippen molar-refractivity contribution in [2.24, 2.45) is 46.3 Å². The number of hydrogen-bond acceptors (Lipinski definition) is 4. The Morgan fingerprint density at radius 2 is 1.68 bits per heavy atom. The molecule has 1 unspecified atom stereocenters. The van der Waals surface area contributed by atoms with Crippen molar-refractivity contribution in [1.29, 1.82) is 0 Å². The van der Waals surface area contributed by atoms with Gasteiger partial charge in [0.2, 0.25) is 0 Å². The second-order valence-corrected chi connectivity index (χ2v) is 13.7. The SMILES string of the molecule is C=C1C[C@H]2[C@@H](O)[C@@H](O)CC[C@]2(C)[C@H]2CC[C@]3(C)[C@@H]([C@H](C)CCCC(O)c4ccccc4OC)CC[C@H]3[C@H]12. The Balaban J connectivity index is 1.24. The standard InChI is InChI=1S/C33H50O4/c1-20(9-8-11-27(34)22-10-6-7-12-29(22)37-5)23-13-14-24-30-21(2)19-26-31(36)28(35)16-18-33(26,4)25(30)15-17-32(23,24)3/h6-7,10,12,20,23-28,30-31,34-36H,2,8-9,11,13-19H2,1,3-5H3/t20-,23-,24+,25+,26+,27?,28+,30+,31-,32-,33-/m1/s1. The van der Waals surface area contributed by atoms with Crippen LogP contribution < -0.4 is 4.74 Å². The maximum Gasteiger partial charge on any atom is 0.124 e. The Morgan fingerprint density at radius 3 is 2.43 bits per heavy atom. The lowest BCUT2D eigenvalue weighted by molar-refractivity contribution is -0.158. The van der Waals surface area contributed by atoms with Gasteiger partial charge in [-0.25, -0.2) is 0 Å². The normalized spacial score (nSPS) is 42.9. The van der Waals surface area contributed by atoms with Crippen LogP contribution in [0.2, 0.25) is 0 Å². The van der Waals surface area contributed by atoms with Crippen LogP contribution in [0.3, 0.4) is 0 Å². The number of hydrogen-bond donors (Lipinski definition) is 3. The lowest BCUT2D eigenvalue weighted by Crippen LogP contribution is -2.59. The van der Waals surface area contributed by atoms with Gasteiger partial charge in [0.1, 0.15) is 5.75 Å². The van der Waals surface area contributed by atoms with Crippen LogP contribution in [0.1, 0.15) is 96.6 Å². The summed E-state index contributed by atoms with van der Waals surface area (Å²) in [5, 5.41) is 32.1. The van der Waals surface area contributed by atoms with Gasteiger partial charge in [0, 0.05) is 5.56 Å². The molecule has 5 rings (SSSR count). The fourth-order valence-corrected chi connectivity index (χ4v) is 10.1. The summed E-state index contributed by atoms with van der Waals surface area (Å²) in [5.74, 6) is 4.13. The summed E-state index contributed by atoms with van der Waals surface area (Å²) in [6.45, 7) is 12.1. The van der Waals surface area contributed by atoms with E-state index >= 15 is 0 Å². The molecule has 0 saturated heterocycles. The summed E-state index contributed by atoms with van der Waals surface area (Å²) in [6.07, 6.45) is 9.01. The summed E-state index contributed by atoms with van der Waals surface area (Å²) in [4.78, 5) is 0. The predicted octanol–water partition coefficient (Wildman–Crippen LogP) is 6.69. The highest BCUT2D eigenvalue weighted by atomic mass is 16.5. The Bertz CT molecular complexity index is 975. The quantitative estimate of drug-likeness (QED) is 0.357. The molecule has 4 heteroatoms. The molecule has 4 aliphatic rings. The Labute approximate surface area is 224 Å². The van der Waals surface area contributed by atoms with E-state index in [0.717, 1.165) is 55.8 Å². The number of methoxy groups -OCH3 is 1. The molecule has 4 saturated carbocycles. The zero-order valence-electron chi connectivity index (χ0n) is 23.5. The Kier molecular flexibility index (Phi) is 7.59. The molecule has 0 heterocycles. The molecular formula is C33H50O4. The van der Waals surface area contributed by atoms with E-state index in [0.29, 0.717) is 29.1 Å². The van der Waals surface area contributed by atoms with Crippen molar-refractivity contribution in [2.75, 3.05) is 7.11 Å². The van der Waals surface area contributed by atoms with Crippen LogP contribution in [-0.4, -0.2) is 34.6 Å². The molecular weight excluding hydrogens is 460 g/mol. The smallest absolute Gasteiger partial charge is 0.124 e. The first-order valence-electron chi connectivity index (χ1n) is 15.0. The van der Waals surface area contributed by atoms with Gasteiger partial charge in [0.15, 0.2) is 0 Å². The molecule has 11 atom stereocenters. The van der Waals surface area contributed by atoms with Crippen LogP contribution in [0, 0.1) is 46.3 Å². The fourth-order valence-electron chi connectivity index (χ4n) is 10.1. The van der Waals surface area contributed by atoms with Crippen LogP contribution >= 0.6 is 0 Å². The maximum absolute atomic E-state index is 10.9. The summed E-state index contributed by atoms with van der Waals surface area (Å²) in [7, 11) is 1.67. The molecule has 1 aromatic rings. The van der Waals surface area contributed by atoms with E-state index in [9.17, 15) is 15.3 Å². The van der Waals surface area contributed by atoms with Crippen LogP contribution in [0.5, 0.6) is 5.75 Å². The van der Waals surface area contributed by atoms with Crippen molar-refractivity contribution in [3.8, 4) is 5.75 Å². The van der Waals surface area contributed by atoms with E-state index in [1.54, 1.807) is 7.11 Å². The van der Waals surface area contributed by atoms with Gasteiger partial charge >= 0.3 is 0 Å². The largest absolute Gasteiger partial charge is 0.496 e. The van der Waals surface area contributed by atoms with Gasteiger partial charge in [0.05, 0.1) is 25.4 Å². The molecule has 0 aromatic heterocycles. The lowest BCUT2D eigenvalue weighted by Gasteiger charge is -2.62. The minimum absolute atomic E-state index is 0.115. The summed E-state index contributed by atoms with van der Waals surface area (Å²) < 4.78 is 5.46. The van der Waals surface area contributed by atoms with Crippen molar-refractivity contribution < 1.29 is 20.1 Å². The van der Waals surface area contributed by atoms with E-state index in [1.807, 2.05) is 24.3 Å². The van der Waals surface area contributed by atoms with E-state index in [4.69, 9.17) is 4.74 Å². The molecule has 0 radical (unpaired) electrons. The topological polar surface area (TPSA) is 69.9 Å². The van der Waals surface area contributed by atoms with Crippen LogP contribution in [0.25, 0.3) is 0 Å². The number of aliphatic hydroxyl groups is 3. The van der Waals surface area contributed by atoms with E-state index in [1.165, 1.54) is 31.3 Å². The van der Waals surface area contributed by atoms with E-state index in [2.05, 4.69) is 27.4 Å². The first kappa shape index (κ1) is 27.2. The molecule has 0 bridgehead atoms. The molecule has 206 valence electrons. The molecule has 0 amide bonds. The lowest BCUT2D eigenvalue weighted by atomic mass is 9.43. The van der Waals surface area contributed by atoms with Gasteiger partial charge in [-0.3, -0.25) is 0 Å². The number of benzene rings is 1. The zero-order chi connectivity index (χ0) is 26.5. The van der Waals surface area contributed by atoms with E-state index < -0.39 is 18.3 Å². The third kappa shape index (κ3) is 4.49. The first-order valence-corrected chi connectivity index (χ1v) is 15.0. The molecule has 4 nitrogen and oxygen atoms in total. The average Bonchev–Trinajstić information content (AvgIpc) is 3.24. The number of rotatable bonds is 7. The number of fused-ring (bicyclic) bond motifs is 5. The fraction of sp³-hybridized carbons (Fsp3) is 0.758. The molecule has 3 N–H and O–H groups in total. The molecule has 0 aliphatic heterocycles. The highest BCUT2D eigenvalue weighted by Gasteiger charge is 2.62. The monoisotopic (exact) mass is 510 g/mol. The zero-order valence-corrected chi connectivity index (χ0v) is 23.5. The van der Waals surface area contributed by atoms with Crippen molar-refractivity contribution in [3.05, 3.63) is 42.0 Å². The third-order valence-corrected chi connectivity index (χ3v) is 12.1. The Hall–Kier alpha value is -1.36. The summed E-state index contributed by atoms with van der Waals surface area (Å²) >= 11 is 0. The van der Waals surface area contributed by atoms with Crippen LogP contribution in [-0.2, 0) is 0 Å². The minimum Gasteiger partial charge on any atom is -0.496 e. The van der Waals surface area contributed by atoms with Gasteiger partial charge in [-0.2, -0.15) is 0 Å². The van der Waals surface area contributed by atoms with Crippen molar-refractivity contribution >= 4 is 0 Å². The molecule has 0 spiro atoms. The van der Waals surface area contributed by atoms with Gasteiger partial charge in [-0.1, -0.05) is 64.0 Å². The van der Waals surface area contributed by atoms with Gasteiger partial charge in [-0.05, 0) is 104 Å². The second kappa shape index (κ2) is 10.3. The van der Waals surface area contributed by atoms with Crippen LogP contribution in [0.4, 0.5) is 0 Å². The summed E-state index contributed by atoms with van der Waals surface area (Å²) in [6, 6.07) is 7.82. The molecule has 4 fully saturated rings. The average molecular weight is 511 g/mol. The minimum atomic E-state index is -0.604. The van der Waals surface area contributed by atoms with Gasteiger partial charge in [-0.15, -0.1) is 0 Å². The first-order chi connectivity index (χ1) is 17.6. The predicted molar refractivity (Wildman–Crippen MR) is 148 cm³/mol. The van der Waals surface area contributed by atoms with Crippen LogP contribution in [0.15, 0.2) is 36.4 Å². The number of para-hydroxylation sites is 1. The van der Waals surface area contributed by atoms with Crippen molar-refractivity contribution in [2.45, 2.75) is 103 Å². The van der Waals surface area contributed by atoms with Crippen molar-refractivity contribution in [1.82, 2.24) is 0 Å². The number of allylic oxidation sites excluding steroid dienone is 1. The molecule has 37 heavy (non-hydrogen) atoms. The summed E-state index contributed by atoms with van der Waals surface area (Å²) in [5.41, 5.74) is 2.71. The highest BCUT2D eigenvalue weighted by Crippen LogP contribution is 2.69. The Morgan fingerprint density at radius 1 is 0.973 bits per heavy atom. The maximum atomic E-state index is 10.9. The molecule has 1 aromatic carbocycles.